The topological polar surface area (TPSA) is 59.4 Å². The van der Waals surface area contributed by atoms with Crippen molar-refractivity contribution in [2.45, 2.75) is 32.5 Å². The molecule has 1 atom stereocenters. The van der Waals surface area contributed by atoms with Gasteiger partial charge in [-0.15, -0.1) is 0 Å². The van der Waals surface area contributed by atoms with Gasteiger partial charge in [-0.1, -0.05) is 43.8 Å². The Kier molecular flexibility index (Phi) is 7.80. The second-order valence-corrected chi connectivity index (χ2v) is 7.88. The minimum absolute atomic E-state index is 0.0443. The number of halogens is 4. The number of anilines is 1. The predicted octanol–water partition coefficient (Wildman–Crippen LogP) is 5.51. The SMILES string of the molecule is C=C(c1c(NC=O)nc(OC2=CC=C(F)C(C(F)(F)F)C2)n1Cc1ccccc1)N(C)CCC. The third kappa shape index (κ3) is 5.67. The molecule has 2 aromatic rings. The van der Waals surface area contributed by atoms with Crippen LogP contribution in [0.4, 0.5) is 23.4 Å². The molecule has 0 fully saturated rings. The molecule has 1 aliphatic carbocycles. The second kappa shape index (κ2) is 10.6. The average Bonchev–Trinajstić information content (AvgIpc) is 3.11. The summed E-state index contributed by atoms with van der Waals surface area (Å²) in [6.45, 7) is 7.06. The molecule has 1 aliphatic rings. The fourth-order valence-electron chi connectivity index (χ4n) is 3.64. The smallest absolute Gasteiger partial charge is 0.398 e. The van der Waals surface area contributed by atoms with Crippen molar-refractivity contribution in [3.05, 3.63) is 71.9 Å². The quantitative estimate of drug-likeness (QED) is 0.361. The Balaban J connectivity index is 2.06. The number of rotatable bonds is 10. The van der Waals surface area contributed by atoms with Gasteiger partial charge in [0.15, 0.2) is 5.82 Å². The van der Waals surface area contributed by atoms with Gasteiger partial charge >= 0.3 is 12.2 Å². The van der Waals surface area contributed by atoms with Crippen LogP contribution in [0.3, 0.4) is 0 Å². The van der Waals surface area contributed by atoms with Gasteiger partial charge < -0.3 is 15.0 Å². The summed E-state index contributed by atoms with van der Waals surface area (Å²) in [6, 6.07) is 9.25. The Hall–Kier alpha value is -3.56. The molecule has 1 aromatic heterocycles. The number of aromatic nitrogens is 2. The summed E-state index contributed by atoms with van der Waals surface area (Å²) >= 11 is 0. The molecule has 34 heavy (non-hydrogen) atoms. The molecule has 0 saturated carbocycles. The van der Waals surface area contributed by atoms with E-state index in [1.165, 1.54) is 0 Å². The Morgan fingerprint density at radius 2 is 2.03 bits per heavy atom. The molecule has 10 heteroatoms. The van der Waals surface area contributed by atoms with E-state index in [-0.39, 0.29) is 24.1 Å². The van der Waals surface area contributed by atoms with Crippen LogP contribution in [0.5, 0.6) is 6.01 Å². The average molecular weight is 478 g/mol. The van der Waals surface area contributed by atoms with Crippen molar-refractivity contribution < 1.29 is 27.1 Å². The van der Waals surface area contributed by atoms with Crippen molar-refractivity contribution in [2.24, 2.45) is 5.92 Å². The van der Waals surface area contributed by atoms with Crippen LogP contribution in [0.1, 0.15) is 31.0 Å². The molecule has 1 N–H and O–H groups in total. The van der Waals surface area contributed by atoms with Crippen LogP contribution in [-0.4, -0.2) is 40.6 Å². The number of amides is 1. The first-order chi connectivity index (χ1) is 16.2. The van der Waals surface area contributed by atoms with Crippen molar-refractivity contribution in [1.82, 2.24) is 14.5 Å². The van der Waals surface area contributed by atoms with Crippen molar-refractivity contribution in [3.8, 4) is 6.01 Å². The van der Waals surface area contributed by atoms with E-state index >= 15 is 0 Å². The van der Waals surface area contributed by atoms with Gasteiger partial charge in [-0.3, -0.25) is 9.36 Å². The van der Waals surface area contributed by atoms with E-state index in [1.54, 1.807) is 4.57 Å². The van der Waals surface area contributed by atoms with E-state index in [9.17, 15) is 22.4 Å². The first-order valence-corrected chi connectivity index (χ1v) is 10.7. The van der Waals surface area contributed by atoms with Crippen molar-refractivity contribution in [2.75, 3.05) is 18.9 Å². The van der Waals surface area contributed by atoms with Gasteiger partial charge in [0, 0.05) is 20.0 Å². The van der Waals surface area contributed by atoms with Gasteiger partial charge in [-0.2, -0.15) is 18.2 Å². The zero-order valence-electron chi connectivity index (χ0n) is 18.9. The first-order valence-electron chi connectivity index (χ1n) is 10.7. The second-order valence-electron chi connectivity index (χ2n) is 7.88. The third-order valence-electron chi connectivity index (χ3n) is 5.39. The molecule has 1 heterocycles. The van der Waals surface area contributed by atoms with E-state index < -0.39 is 24.3 Å². The van der Waals surface area contributed by atoms with Crippen LogP contribution < -0.4 is 10.1 Å². The number of benzene rings is 1. The standard InChI is InChI=1S/C24H26F4N4O2/c1-4-12-31(3)16(2)21-22(29-15-33)30-23(32(21)14-17-8-6-5-7-9-17)34-18-10-11-20(25)19(13-18)24(26,27)28/h5-11,15,19H,2,4,12-14H2,1,3H3,(H,29,33). The number of carbonyl (C=O) groups is 1. The van der Waals surface area contributed by atoms with Gasteiger partial charge in [-0.05, 0) is 24.1 Å². The number of imidazole rings is 1. The zero-order chi connectivity index (χ0) is 24.9. The lowest BCUT2D eigenvalue weighted by Gasteiger charge is -2.24. The highest BCUT2D eigenvalue weighted by atomic mass is 19.4. The van der Waals surface area contributed by atoms with E-state index in [2.05, 4.69) is 16.9 Å². The fraction of sp³-hybridized carbons (Fsp3) is 0.333. The third-order valence-corrected chi connectivity index (χ3v) is 5.39. The lowest BCUT2D eigenvalue weighted by atomic mass is 9.97. The highest BCUT2D eigenvalue weighted by Gasteiger charge is 2.44. The maximum Gasteiger partial charge on any atom is 0.398 e. The van der Waals surface area contributed by atoms with Crippen LogP contribution in [0.15, 0.2) is 60.6 Å². The Morgan fingerprint density at radius 3 is 2.65 bits per heavy atom. The maximum atomic E-state index is 13.8. The minimum atomic E-state index is -4.75. The summed E-state index contributed by atoms with van der Waals surface area (Å²) in [5.74, 6) is -3.51. The van der Waals surface area contributed by atoms with Gasteiger partial charge in [-0.25, -0.2) is 4.39 Å². The molecular formula is C24H26F4N4O2. The van der Waals surface area contributed by atoms with Crippen LogP contribution >= 0.6 is 0 Å². The Morgan fingerprint density at radius 1 is 1.32 bits per heavy atom. The number of ether oxygens (including phenoxy) is 1. The Bertz CT molecular complexity index is 1090. The molecule has 0 radical (unpaired) electrons. The molecule has 0 spiro atoms. The minimum Gasteiger partial charge on any atom is -0.430 e. The van der Waals surface area contributed by atoms with Crippen molar-refractivity contribution in [1.29, 1.82) is 0 Å². The van der Waals surface area contributed by atoms with Gasteiger partial charge in [0.05, 0.1) is 12.2 Å². The molecule has 1 aromatic carbocycles. The number of allylic oxidation sites excluding steroid dienone is 4. The van der Waals surface area contributed by atoms with Gasteiger partial charge in [0.25, 0.3) is 0 Å². The van der Waals surface area contributed by atoms with E-state index in [0.717, 1.165) is 24.1 Å². The van der Waals surface area contributed by atoms with Gasteiger partial charge in [0.1, 0.15) is 23.2 Å². The summed E-state index contributed by atoms with van der Waals surface area (Å²) in [5.41, 5.74) is 1.86. The predicted molar refractivity (Wildman–Crippen MR) is 121 cm³/mol. The van der Waals surface area contributed by atoms with Gasteiger partial charge in [0.2, 0.25) is 6.41 Å². The fourth-order valence-corrected chi connectivity index (χ4v) is 3.64. The van der Waals surface area contributed by atoms with Crippen LogP contribution in [0.2, 0.25) is 0 Å². The molecule has 0 saturated heterocycles. The maximum absolute atomic E-state index is 13.8. The molecule has 3 rings (SSSR count). The molecule has 1 amide bonds. The summed E-state index contributed by atoms with van der Waals surface area (Å²) in [6.07, 6.45) is -2.26. The summed E-state index contributed by atoms with van der Waals surface area (Å²) in [4.78, 5) is 17.5. The number of hydrogen-bond acceptors (Lipinski definition) is 4. The number of nitrogens with one attached hydrogen (secondary N) is 1. The molecule has 0 aliphatic heterocycles. The summed E-state index contributed by atoms with van der Waals surface area (Å²) < 4.78 is 61.0. The highest BCUT2D eigenvalue weighted by molar-refractivity contribution is 5.79. The van der Waals surface area contributed by atoms with Crippen molar-refractivity contribution in [3.63, 3.8) is 0 Å². The summed E-state index contributed by atoms with van der Waals surface area (Å²) in [7, 11) is 1.84. The number of alkyl halides is 3. The molecular weight excluding hydrogens is 452 g/mol. The molecule has 0 bridgehead atoms. The van der Waals surface area contributed by atoms with E-state index in [0.29, 0.717) is 24.3 Å². The molecule has 1 unspecified atom stereocenters. The largest absolute Gasteiger partial charge is 0.430 e. The van der Waals surface area contributed by atoms with Crippen LogP contribution in [-0.2, 0) is 11.3 Å². The monoisotopic (exact) mass is 478 g/mol. The lowest BCUT2D eigenvalue weighted by molar-refractivity contribution is -0.169. The summed E-state index contributed by atoms with van der Waals surface area (Å²) in [5, 5.41) is 2.53. The van der Waals surface area contributed by atoms with E-state index in [4.69, 9.17) is 4.74 Å². The number of carbonyl (C=O) groups excluding carboxylic acids is 1. The molecule has 6 nitrogen and oxygen atoms in total. The van der Waals surface area contributed by atoms with Crippen molar-refractivity contribution >= 4 is 17.9 Å². The van der Waals surface area contributed by atoms with Crippen LogP contribution in [0, 0.1) is 5.92 Å². The Labute approximate surface area is 195 Å². The zero-order valence-corrected chi connectivity index (χ0v) is 18.9. The molecule has 182 valence electrons. The van der Waals surface area contributed by atoms with Crippen LogP contribution in [0.25, 0.3) is 5.70 Å². The number of nitrogens with zero attached hydrogens (tertiary/aromatic N) is 3. The normalized spacial score (nSPS) is 15.9. The first kappa shape index (κ1) is 25.1. The lowest BCUT2D eigenvalue weighted by Crippen LogP contribution is -2.26. The highest BCUT2D eigenvalue weighted by Crippen LogP contribution is 2.40. The number of hydrogen-bond donors (Lipinski definition) is 1. The van der Waals surface area contributed by atoms with E-state index in [1.807, 2.05) is 49.2 Å².